The average Bonchev–Trinajstić information content (AvgIpc) is 2.45. The van der Waals surface area contributed by atoms with Gasteiger partial charge in [-0.05, 0) is 31.5 Å². The lowest BCUT2D eigenvalue weighted by molar-refractivity contribution is 0.164. The lowest BCUT2D eigenvalue weighted by Gasteiger charge is -2.11. The summed E-state index contributed by atoms with van der Waals surface area (Å²) in [5.41, 5.74) is 11.0. The Morgan fingerprint density at radius 2 is 2.33 bits per heavy atom. The van der Waals surface area contributed by atoms with Gasteiger partial charge in [-0.3, -0.25) is 4.79 Å². The molecule has 0 spiro atoms. The van der Waals surface area contributed by atoms with Gasteiger partial charge in [-0.1, -0.05) is 11.2 Å². The Morgan fingerprint density at radius 1 is 1.57 bits per heavy atom. The van der Waals surface area contributed by atoms with Crippen LogP contribution in [0.5, 0.6) is 0 Å². The molecule has 0 aliphatic carbocycles. The second-order valence-electron chi connectivity index (χ2n) is 4.02. The van der Waals surface area contributed by atoms with E-state index >= 15 is 0 Å². The van der Waals surface area contributed by atoms with Crippen LogP contribution in [0.25, 0.3) is 21.3 Å². The van der Waals surface area contributed by atoms with E-state index < -0.39 is 11.7 Å². The van der Waals surface area contributed by atoms with Crippen LogP contribution >= 0.6 is 0 Å². The number of aromatic nitrogens is 2. The van der Waals surface area contributed by atoms with Crippen molar-refractivity contribution in [3.63, 3.8) is 0 Å². The molecule has 0 atom stereocenters. The van der Waals surface area contributed by atoms with E-state index in [1.807, 2.05) is 0 Å². The van der Waals surface area contributed by atoms with E-state index in [1.165, 1.54) is 6.07 Å². The number of nitrogens with zero attached hydrogens (tertiary/aromatic N) is 5. The van der Waals surface area contributed by atoms with Gasteiger partial charge in [-0.2, -0.15) is 4.68 Å². The largest absolute Gasteiger partial charge is 0.449 e. The summed E-state index contributed by atoms with van der Waals surface area (Å²) in [6.45, 7) is 3.41. The van der Waals surface area contributed by atoms with Gasteiger partial charge in [0, 0.05) is 10.6 Å². The van der Waals surface area contributed by atoms with Crippen molar-refractivity contribution in [3.8, 4) is 0 Å². The predicted molar refractivity (Wildman–Crippen MR) is 75.9 cm³/mol. The molecule has 0 aliphatic heterocycles. The third-order valence-corrected chi connectivity index (χ3v) is 2.66. The Labute approximate surface area is 118 Å². The fraction of sp³-hybridized carbons (Fsp3) is 0.250. The molecule has 1 aromatic heterocycles. The second-order valence-corrected chi connectivity index (χ2v) is 4.02. The SMILES string of the molecule is CCOC(=O)Nn1c(C)nc2ccc(N=[N+]=[N-])cc2c1=O. The van der Waals surface area contributed by atoms with Crippen LogP contribution in [-0.2, 0) is 4.74 Å². The minimum Gasteiger partial charge on any atom is -0.449 e. The number of nitrogens with one attached hydrogen (secondary N) is 1. The minimum absolute atomic E-state index is 0.182. The highest BCUT2D eigenvalue weighted by Gasteiger charge is 2.11. The first-order valence-corrected chi connectivity index (χ1v) is 6.09. The van der Waals surface area contributed by atoms with Crippen molar-refractivity contribution < 1.29 is 9.53 Å². The van der Waals surface area contributed by atoms with Crippen LogP contribution in [0.4, 0.5) is 10.5 Å². The topological polar surface area (TPSA) is 122 Å². The van der Waals surface area contributed by atoms with E-state index in [4.69, 9.17) is 10.3 Å². The maximum absolute atomic E-state index is 12.4. The highest BCUT2D eigenvalue weighted by Crippen LogP contribution is 2.17. The molecule has 9 heteroatoms. The third-order valence-electron chi connectivity index (χ3n) is 2.66. The molecule has 9 nitrogen and oxygen atoms in total. The van der Waals surface area contributed by atoms with Gasteiger partial charge in [0.15, 0.2) is 0 Å². The number of fused-ring (bicyclic) bond motifs is 1. The number of hydrogen-bond acceptors (Lipinski definition) is 5. The smallest absolute Gasteiger partial charge is 0.426 e. The Hall–Kier alpha value is -3.06. The van der Waals surface area contributed by atoms with Crippen LogP contribution in [0.1, 0.15) is 12.7 Å². The van der Waals surface area contributed by atoms with Crippen LogP contribution in [0.3, 0.4) is 0 Å². The molecule has 21 heavy (non-hydrogen) atoms. The normalized spacial score (nSPS) is 10.0. The highest BCUT2D eigenvalue weighted by atomic mass is 16.6. The summed E-state index contributed by atoms with van der Waals surface area (Å²) in [6, 6.07) is 4.53. The first kappa shape index (κ1) is 14.4. The summed E-state index contributed by atoms with van der Waals surface area (Å²) in [7, 11) is 0. The van der Waals surface area contributed by atoms with Gasteiger partial charge in [0.25, 0.3) is 5.56 Å². The summed E-state index contributed by atoms with van der Waals surface area (Å²) < 4.78 is 5.71. The Bertz CT molecular complexity index is 806. The predicted octanol–water partition coefficient (Wildman–Crippen LogP) is 2.35. The van der Waals surface area contributed by atoms with Gasteiger partial charge >= 0.3 is 6.09 Å². The zero-order valence-electron chi connectivity index (χ0n) is 11.4. The number of amides is 1. The monoisotopic (exact) mass is 288 g/mol. The first-order chi connectivity index (χ1) is 10.1. The molecule has 108 valence electrons. The highest BCUT2D eigenvalue weighted by molar-refractivity contribution is 5.82. The molecule has 0 fully saturated rings. The van der Waals surface area contributed by atoms with E-state index in [2.05, 4.69) is 20.4 Å². The van der Waals surface area contributed by atoms with Gasteiger partial charge in [0.1, 0.15) is 5.82 Å². The molecule has 1 heterocycles. The van der Waals surface area contributed by atoms with Crippen molar-refractivity contribution >= 4 is 22.7 Å². The molecule has 0 radical (unpaired) electrons. The molecule has 1 amide bonds. The number of hydrogen-bond donors (Lipinski definition) is 1. The maximum Gasteiger partial charge on any atom is 0.426 e. The number of ether oxygens (including phenoxy) is 1. The molecule has 1 aromatic carbocycles. The van der Waals surface area contributed by atoms with Gasteiger partial charge in [-0.15, -0.1) is 0 Å². The van der Waals surface area contributed by atoms with Crippen molar-refractivity contribution in [1.82, 2.24) is 9.66 Å². The van der Waals surface area contributed by atoms with E-state index in [-0.39, 0.29) is 17.7 Å². The molecular weight excluding hydrogens is 276 g/mol. The quantitative estimate of drug-likeness (QED) is 0.529. The summed E-state index contributed by atoms with van der Waals surface area (Å²) in [6.07, 6.45) is -0.755. The molecule has 0 unspecified atom stereocenters. The van der Waals surface area contributed by atoms with Gasteiger partial charge in [-0.25, -0.2) is 15.2 Å². The molecule has 0 aliphatic rings. The summed E-state index contributed by atoms with van der Waals surface area (Å²) in [5, 5.41) is 3.66. The zero-order chi connectivity index (χ0) is 15.4. The molecule has 2 rings (SSSR count). The van der Waals surface area contributed by atoms with E-state index in [1.54, 1.807) is 26.0 Å². The number of rotatable bonds is 3. The number of azide groups is 1. The standard InChI is InChI=1S/C12H12N6O3/c1-3-21-12(20)16-18-7(2)14-10-5-4-8(15-17-13)6-9(10)11(18)19/h4-6H,3H2,1-2H3,(H,16,20). The van der Waals surface area contributed by atoms with Crippen LogP contribution < -0.4 is 11.0 Å². The number of aryl methyl sites for hydroxylation is 1. The molecule has 0 bridgehead atoms. The fourth-order valence-electron chi connectivity index (χ4n) is 1.78. The maximum atomic E-state index is 12.4. The number of carbonyl (C=O) groups excluding carboxylic acids is 1. The van der Waals surface area contributed by atoms with E-state index in [0.29, 0.717) is 11.3 Å². The van der Waals surface area contributed by atoms with Crippen LogP contribution in [0.2, 0.25) is 0 Å². The van der Waals surface area contributed by atoms with Crippen molar-refractivity contribution in [3.05, 3.63) is 44.8 Å². The molecule has 0 saturated heterocycles. The lowest BCUT2D eigenvalue weighted by Crippen LogP contribution is -2.35. The van der Waals surface area contributed by atoms with Crippen LogP contribution in [-0.4, -0.2) is 22.4 Å². The second kappa shape index (κ2) is 5.93. The molecule has 0 saturated carbocycles. The van der Waals surface area contributed by atoms with Crippen molar-refractivity contribution in [2.45, 2.75) is 13.8 Å². The number of carbonyl (C=O) groups is 1. The van der Waals surface area contributed by atoms with Gasteiger partial charge < -0.3 is 4.74 Å². The summed E-state index contributed by atoms with van der Waals surface area (Å²) in [5.74, 6) is 0.303. The van der Waals surface area contributed by atoms with Crippen LogP contribution in [0, 0.1) is 6.92 Å². The summed E-state index contributed by atoms with van der Waals surface area (Å²) in [4.78, 5) is 30.7. The first-order valence-electron chi connectivity index (χ1n) is 6.09. The average molecular weight is 288 g/mol. The molecular formula is C12H12N6O3. The Morgan fingerprint density at radius 3 is 3.00 bits per heavy atom. The Kier molecular flexibility index (Phi) is 4.05. The van der Waals surface area contributed by atoms with E-state index in [9.17, 15) is 9.59 Å². The zero-order valence-corrected chi connectivity index (χ0v) is 11.4. The van der Waals surface area contributed by atoms with Crippen LogP contribution in [0.15, 0.2) is 28.1 Å². The lowest BCUT2D eigenvalue weighted by atomic mass is 10.2. The minimum atomic E-state index is -0.755. The third kappa shape index (κ3) is 2.93. The fourth-order valence-corrected chi connectivity index (χ4v) is 1.78. The van der Waals surface area contributed by atoms with Gasteiger partial charge in [0.05, 0.1) is 17.5 Å². The van der Waals surface area contributed by atoms with Crippen molar-refractivity contribution in [2.75, 3.05) is 12.0 Å². The van der Waals surface area contributed by atoms with Gasteiger partial charge in [0.2, 0.25) is 0 Å². The Balaban J connectivity index is 2.58. The van der Waals surface area contributed by atoms with Crippen molar-refractivity contribution in [2.24, 2.45) is 5.11 Å². The van der Waals surface area contributed by atoms with Crippen molar-refractivity contribution in [1.29, 1.82) is 0 Å². The van der Waals surface area contributed by atoms with E-state index in [0.717, 1.165) is 4.68 Å². The summed E-state index contributed by atoms with van der Waals surface area (Å²) >= 11 is 0. The molecule has 1 N–H and O–H groups in total. The molecule has 2 aromatic rings. The number of benzene rings is 1.